The predicted molar refractivity (Wildman–Crippen MR) is 215 cm³/mol. The van der Waals surface area contributed by atoms with Crippen LogP contribution in [0.25, 0.3) is 98.1 Å². The third-order valence-corrected chi connectivity index (χ3v) is 10.9. The summed E-state index contributed by atoms with van der Waals surface area (Å²) in [7, 11) is 0. The van der Waals surface area contributed by atoms with Gasteiger partial charge in [-0.1, -0.05) is 158 Å². The molecule has 0 aliphatic carbocycles. The summed E-state index contributed by atoms with van der Waals surface area (Å²) in [6, 6.07) is 61.9. The second-order valence-electron chi connectivity index (χ2n) is 12.8. The van der Waals surface area contributed by atoms with Gasteiger partial charge in [0.25, 0.3) is 0 Å². The highest BCUT2D eigenvalue weighted by molar-refractivity contribution is 7.24. The van der Waals surface area contributed by atoms with Crippen LogP contribution >= 0.6 is 11.3 Å². The fourth-order valence-corrected chi connectivity index (χ4v) is 8.56. The van der Waals surface area contributed by atoms with Crippen LogP contribution in [0.4, 0.5) is 0 Å². The number of para-hydroxylation sites is 2. The maximum Gasteiger partial charge on any atom is 0.160 e. The smallest absolute Gasteiger partial charge is 0.160 e. The van der Waals surface area contributed by atoms with Crippen molar-refractivity contribution in [3.8, 4) is 55.5 Å². The Bertz CT molecular complexity index is 2900. The van der Waals surface area contributed by atoms with E-state index in [1.807, 2.05) is 35.6 Å². The minimum atomic E-state index is 0.723. The molecule has 0 aliphatic heterocycles. The van der Waals surface area contributed by atoms with E-state index in [9.17, 15) is 0 Å². The van der Waals surface area contributed by atoms with Gasteiger partial charge in [-0.25, -0.2) is 15.0 Å². The molecule has 0 saturated heterocycles. The molecule has 3 aromatic heterocycles. The van der Waals surface area contributed by atoms with Crippen molar-refractivity contribution in [2.45, 2.75) is 0 Å². The molecule has 0 fully saturated rings. The maximum atomic E-state index is 5.34. The van der Waals surface area contributed by atoms with Crippen LogP contribution in [0, 0.1) is 0 Å². The zero-order chi connectivity index (χ0) is 33.7. The van der Waals surface area contributed by atoms with Crippen molar-refractivity contribution >= 4 is 54.0 Å². The Hall–Kier alpha value is -6.49. The van der Waals surface area contributed by atoms with E-state index in [-0.39, 0.29) is 0 Å². The molecule has 3 heterocycles. The summed E-state index contributed by atoms with van der Waals surface area (Å²) in [5.74, 6) is 0.723. The number of pyridine rings is 1. The molecule has 238 valence electrons. The van der Waals surface area contributed by atoms with Gasteiger partial charge in [-0.05, 0) is 40.1 Å². The lowest BCUT2D eigenvalue weighted by atomic mass is 9.93. The average Bonchev–Trinajstić information content (AvgIpc) is 3.62. The molecule has 0 bridgehead atoms. The zero-order valence-corrected chi connectivity index (χ0v) is 28.3. The van der Waals surface area contributed by atoms with Gasteiger partial charge in [-0.3, -0.25) is 0 Å². The summed E-state index contributed by atoms with van der Waals surface area (Å²) in [5.41, 5.74) is 10.6. The van der Waals surface area contributed by atoms with Crippen LogP contribution < -0.4 is 0 Å². The van der Waals surface area contributed by atoms with Crippen LogP contribution in [-0.4, -0.2) is 15.0 Å². The predicted octanol–water partition coefficient (Wildman–Crippen LogP) is 12.9. The number of hydrogen-bond acceptors (Lipinski definition) is 4. The van der Waals surface area contributed by atoms with E-state index in [2.05, 4.69) is 152 Å². The molecule has 0 saturated carbocycles. The van der Waals surface area contributed by atoms with Gasteiger partial charge < -0.3 is 0 Å². The fraction of sp³-hybridized carbons (Fsp3) is 0. The summed E-state index contributed by atoms with van der Waals surface area (Å²) in [6.07, 6.45) is 0. The quantitative estimate of drug-likeness (QED) is 0.183. The molecule has 51 heavy (non-hydrogen) atoms. The van der Waals surface area contributed by atoms with Crippen LogP contribution in [-0.2, 0) is 0 Å². The molecule has 10 rings (SSSR count). The number of fused-ring (bicyclic) bond motifs is 5. The Morgan fingerprint density at radius 3 is 1.71 bits per heavy atom. The molecule has 4 heteroatoms. The van der Waals surface area contributed by atoms with Crippen LogP contribution in [0.5, 0.6) is 0 Å². The van der Waals surface area contributed by atoms with Gasteiger partial charge >= 0.3 is 0 Å². The van der Waals surface area contributed by atoms with E-state index >= 15 is 0 Å². The molecule has 0 aliphatic rings. The summed E-state index contributed by atoms with van der Waals surface area (Å²) in [5, 5.41) is 5.84. The summed E-state index contributed by atoms with van der Waals surface area (Å²) in [6.45, 7) is 0. The summed E-state index contributed by atoms with van der Waals surface area (Å²) < 4.78 is 1.25. The highest BCUT2D eigenvalue weighted by atomic mass is 32.1. The van der Waals surface area contributed by atoms with Gasteiger partial charge in [-0.15, -0.1) is 11.3 Å². The highest BCUT2D eigenvalue weighted by Crippen LogP contribution is 2.50. The third kappa shape index (κ3) is 5.08. The van der Waals surface area contributed by atoms with E-state index in [1.54, 1.807) is 0 Å². The topological polar surface area (TPSA) is 38.7 Å². The minimum Gasteiger partial charge on any atom is -0.247 e. The van der Waals surface area contributed by atoms with Crippen molar-refractivity contribution < 1.29 is 0 Å². The largest absolute Gasteiger partial charge is 0.247 e. The maximum absolute atomic E-state index is 5.34. The van der Waals surface area contributed by atoms with E-state index in [0.717, 1.165) is 55.9 Å². The number of thiophene rings is 1. The van der Waals surface area contributed by atoms with E-state index in [1.165, 1.54) is 42.2 Å². The molecule has 0 N–H and O–H groups in total. The van der Waals surface area contributed by atoms with Crippen molar-refractivity contribution in [3.63, 3.8) is 0 Å². The molecule has 3 nitrogen and oxygen atoms in total. The fourth-order valence-electron chi connectivity index (χ4n) is 7.21. The zero-order valence-electron chi connectivity index (χ0n) is 27.5. The SMILES string of the molecule is c1ccc(-c2nc(-c3ccc(-c4c(-c5ccc6ccccc6c5)sc5c4c(-c4ccccc4)nc4ccccc45)cc3)c3ccccc3n2)cc1. The number of nitrogens with zero attached hydrogens (tertiary/aromatic N) is 3. The monoisotopic (exact) mass is 667 g/mol. The number of hydrogen-bond donors (Lipinski definition) is 0. The lowest BCUT2D eigenvalue weighted by Crippen LogP contribution is -1.95. The Morgan fingerprint density at radius 2 is 0.941 bits per heavy atom. The Morgan fingerprint density at radius 1 is 0.373 bits per heavy atom. The molecular formula is C47H29N3S. The van der Waals surface area contributed by atoms with Gasteiger partial charge in [0.15, 0.2) is 5.82 Å². The molecule has 10 aromatic rings. The van der Waals surface area contributed by atoms with Crippen molar-refractivity contribution in [2.75, 3.05) is 0 Å². The van der Waals surface area contributed by atoms with Crippen molar-refractivity contribution in [2.24, 2.45) is 0 Å². The molecule has 0 atom stereocenters. The lowest BCUT2D eigenvalue weighted by molar-refractivity contribution is 1.23. The molecule has 0 amide bonds. The van der Waals surface area contributed by atoms with Crippen molar-refractivity contribution in [1.29, 1.82) is 0 Å². The average molecular weight is 668 g/mol. The Labute approximate surface area is 299 Å². The first kappa shape index (κ1) is 29.4. The lowest BCUT2D eigenvalue weighted by Gasteiger charge is -2.13. The molecule has 0 radical (unpaired) electrons. The Balaban J connectivity index is 1.23. The molecular weight excluding hydrogens is 639 g/mol. The van der Waals surface area contributed by atoms with Crippen LogP contribution in [0.3, 0.4) is 0 Å². The van der Waals surface area contributed by atoms with Gasteiger partial charge in [0.2, 0.25) is 0 Å². The Kier molecular flexibility index (Phi) is 7.00. The standard InChI is InChI=1S/C47H29N3S/c1-3-14-32(15-4-1)44-42-41(45(36-28-23-30-13-7-8-18-35(30)29-36)51-46(42)38-20-10-12-22-40(38)48-44)31-24-26-33(27-25-31)43-37-19-9-11-21-39(37)49-47(50-43)34-16-5-2-6-17-34/h1-29H. The normalized spacial score (nSPS) is 11.5. The second kappa shape index (κ2) is 12.1. The first-order valence-electron chi connectivity index (χ1n) is 17.1. The summed E-state index contributed by atoms with van der Waals surface area (Å²) in [4.78, 5) is 16.7. The van der Waals surface area contributed by atoms with Gasteiger partial charge in [-0.2, -0.15) is 0 Å². The second-order valence-corrected chi connectivity index (χ2v) is 13.8. The highest BCUT2D eigenvalue weighted by Gasteiger charge is 2.23. The van der Waals surface area contributed by atoms with Gasteiger partial charge in [0, 0.05) is 48.0 Å². The van der Waals surface area contributed by atoms with E-state index in [0.29, 0.717) is 0 Å². The van der Waals surface area contributed by atoms with Crippen LogP contribution in [0.2, 0.25) is 0 Å². The number of aromatic nitrogens is 3. The number of benzene rings is 7. The first-order chi connectivity index (χ1) is 25.3. The first-order valence-corrected chi connectivity index (χ1v) is 17.9. The van der Waals surface area contributed by atoms with E-state index in [4.69, 9.17) is 15.0 Å². The van der Waals surface area contributed by atoms with Crippen molar-refractivity contribution in [1.82, 2.24) is 15.0 Å². The van der Waals surface area contributed by atoms with Crippen LogP contribution in [0.1, 0.15) is 0 Å². The van der Waals surface area contributed by atoms with E-state index < -0.39 is 0 Å². The molecule has 0 unspecified atom stereocenters. The molecule has 0 spiro atoms. The molecule has 7 aromatic carbocycles. The van der Waals surface area contributed by atoms with Gasteiger partial charge in [0.1, 0.15) is 0 Å². The third-order valence-electron chi connectivity index (χ3n) is 9.67. The van der Waals surface area contributed by atoms with Crippen molar-refractivity contribution in [3.05, 3.63) is 176 Å². The number of rotatable bonds is 5. The summed E-state index contributed by atoms with van der Waals surface area (Å²) >= 11 is 1.86. The minimum absolute atomic E-state index is 0.723. The van der Waals surface area contributed by atoms with Crippen LogP contribution in [0.15, 0.2) is 176 Å². The van der Waals surface area contributed by atoms with Gasteiger partial charge in [0.05, 0.1) is 22.4 Å².